The predicted molar refractivity (Wildman–Crippen MR) is 143 cm³/mol. The summed E-state index contributed by atoms with van der Waals surface area (Å²) in [5, 5.41) is 1.55. The van der Waals surface area contributed by atoms with E-state index in [1.54, 1.807) is 0 Å². The molecule has 2 nitrogen and oxygen atoms in total. The van der Waals surface area contributed by atoms with Crippen molar-refractivity contribution in [3.05, 3.63) is 95.1 Å². The number of nitrogens with zero attached hydrogens (tertiary/aromatic N) is 1. The molecule has 1 fully saturated rings. The van der Waals surface area contributed by atoms with Crippen LogP contribution in [0.15, 0.2) is 72.8 Å². The Morgan fingerprint density at radius 1 is 0.909 bits per heavy atom. The van der Waals surface area contributed by atoms with Gasteiger partial charge in [0.2, 0.25) is 0 Å². The zero-order chi connectivity index (χ0) is 23.1. The minimum Gasteiger partial charge on any atom is -0.489 e. The maximum absolute atomic E-state index is 6.38. The van der Waals surface area contributed by atoms with Crippen LogP contribution in [0.1, 0.15) is 61.8 Å². The summed E-state index contributed by atoms with van der Waals surface area (Å²) < 4.78 is 6.38. The number of likely N-dealkylation sites (tertiary alicyclic amines) is 1. The normalized spacial score (nSPS) is 16.7. The Kier molecular flexibility index (Phi) is 8.23. The molecule has 1 saturated heterocycles. The summed E-state index contributed by atoms with van der Waals surface area (Å²) in [5.74, 6) is 1.02. The summed E-state index contributed by atoms with van der Waals surface area (Å²) in [6.45, 7) is 11.1. The van der Waals surface area contributed by atoms with Crippen LogP contribution >= 0.6 is 8.58 Å². The highest BCUT2D eigenvalue weighted by molar-refractivity contribution is 7.48. The van der Waals surface area contributed by atoms with Gasteiger partial charge in [0.25, 0.3) is 0 Å². The van der Waals surface area contributed by atoms with Gasteiger partial charge in [-0.05, 0) is 61.8 Å². The first-order valence-corrected chi connectivity index (χ1v) is 13.4. The summed E-state index contributed by atoms with van der Waals surface area (Å²) in [7, 11) is 0.703. The van der Waals surface area contributed by atoms with Crippen molar-refractivity contribution in [2.45, 2.75) is 64.8 Å². The number of para-hydroxylation sites is 1. The largest absolute Gasteiger partial charge is 0.489 e. The standard InChI is InChI=1S/C30H38NOP/c1-4-30(3,27-15-9-10-16-28(27)32-23-25-13-7-5-8-14-25)33-29-18-17-24(2)21-26(29)22-31-19-11-6-12-20-31/h5,7-10,13-18,21,33H,4,6,11-12,19-20,22-23H2,1-3H3. The molecule has 1 heterocycles. The Morgan fingerprint density at radius 3 is 2.39 bits per heavy atom. The van der Waals surface area contributed by atoms with Crippen molar-refractivity contribution < 1.29 is 4.74 Å². The Morgan fingerprint density at radius 2 is 1.64 bits per heavy atom. The molecule has 1 aliphatic heterocycles. The fourth-order valence-corrected chi connectivity index (χ4v) is 6.35. The van der Waals surface area contributed by atoms with Gasteiger partial charge in [-0.2, -0.15) is 0 Å². The van der Waals surface area contributed by atoms with Crippen LogP contribution < -0.4 is 10.0 Å². The molecule has 0 aromatic heterocycles. The van der Waals surface area contributed by atoms with E-state index in [4.69, 9.17) is 4.74 Å². The first-order chi connectivity index (χ1) is 16.1. The van der Waals surface area contributed by atoms with Crippen molar-refractivity contribution in [1.82, 2.24) is 4.90 Å². The maximum atomic E-state index is 6.38. The molecular weight excluding hydrogens is 421 g/mol. The van der Waals surface area contributed by atoms with Gasteiger partial charge in [0.15, 0.2) is 0 Å². The quantitative estimate of drug-likeness (QED) is 0.314. The second kappa shape index (κ2) is 11.3. The van der Waals surface area contributed by atoms with E-state index in [0.29, 0.717) is 15.2 Å². The van der Waals surface area contributed by atoms with Gasteiger partial charge < -0.3 is 4.74 Å². The van der Waals surface area contributed by atoms with Gasteiger partial charge in [0.05, 0.1) is 0 Å². The SMILES string of the molecule is CCC(C)(Pc1ccc(C)cc1CN1CCCCC1)c1ccccc1OCc1ccccc1. The fourth-order valence-electron chi connectivity index (χ4n) is 4.76. The molecule has 3 heteroatoms. The highest BCUT2D eigenvalue weighted by atomic mass is 31.1. The molecule has 2 unspecified atom stereocenters. The molecule has 0 N–H and O–H groups in total. The molecule has 0 aliphatic carbocycles. The average molecular weight is 460 g/mol. The summed E-state index contributed by atoms with van der Waals surface area (Å²) in [6, 6.07) is 26.2. The average Bonchev–Trinajstić information content (AvgIpc) is 2.86. The molecule has 3 aromatic carbocycles. The van der Waals surface area contributed by atoms with Gasteiger partial charge in [-0.15, -0.1) is 0 Å². The molecule has 33 heavy (non-hydrogen) atoms. The molecule has 1 aliphatic rings. The molecule has 0 amide bonds. The third-order valence-electron chi connectivity index (χ3n) is 6.94. The number of rotatable bonds is 9. The topological polar surface area (TPSA) is 12.5 Å². The van der Waals surface area contributed by atoms with E-state index in [9.17, 15) is 0 Å². The van der Waals surface area contributed by atoms with Gasteiger partial charge in [0.1, 0.15) is 12.4 Å². The Bertz CT molecular complexity index is 1030. The number of hydrogen-bond acceptors (Lipinski definition) is 2. The Hall–Kier alpha value is -2.15. The van der Waals surface area contributed by atoms with Gasteiger partial charge >= 0.3 is 0 Å². The molecular formula is C30H38NOP. The predicted octanol–water partition coefficient (Wildman–Crippen LogP) is 7.19. The van der Waals surface area contributed by atoms with Crippen LogP contribution in [0.3, 0.4) is 0 Å². The van der Waals surface area contributed by atoms with Crippen molar-refractivity contribution in [2.75, 3.05) is 13.1 Å². The maximum Gasteiger partial charge on any atom is 0.123 e. The van der Waals surface area contributed by atoms with E-state index in [1.165, 1.54) is 59.9 Å². The fraction of sp³-hybridized carbons (Fsp3) is 0.400. The van der Waals surface area contributed by atoms with Crippen molar-refractivity contribution >= 4 is 13.9 Å². The summed E-state index contributed by atoms with van der Waals surface area (Å²) >= 11 is 0. The summed E-state index contributed by atoms with van der Waals surface area (Å²) in [4.78, 5) is 2.65. The zero-order valence-electron chi connectivity index (χ0n) is 20.4. The highest BCUT2D eigenvalue weighted by Crippen LogP contribution is 2.47. The first kappa shape index (κ1) is 24.0. The van der Waals surface area contributed by atoms with Crippen LogP contribution in [0, 0.1) is 6.92 Å². The van der Waals surface area contributed by atoms with Crippen molar-refractivity contribution in [3.8, 4) is 5.75 Å². The van der Waals surface area contributed by atoms with Crippen LogP contribution in [0.2, 0.25) is 0 Å². The molecule has 3 aromatic rings. The van der Waals surface area contributed by atoms with Crippen LogP contribution in [0.4, 0.5) is 0 Å². The van der Waals surface area contributed by atoms with Gasteiger partial charge in [-0.25, -0.2) is 0 Å². The van der Waals surface area contributed by atoms with E-state index in [2.05, 4.69) is 98.5 Å². The third-order valence-corrected chi connectivity index (χ3v) is 8.87. The lowest BCUT2D eigenvalue weighted by atomic mass is 9.96. The van der Waals surface area contributed by atoms with Gasteiger partial charge in [-0.3, -0.25) is 4.90 Å². The Balaban J connectivity index is 1.58. The van der Waals surface area contributed by atoms with E-state index in [1.807, 2.05) is 0 Å². The molecule has 174 valence electrons. The highest BCUT2D eigenvalue weighted by Gasteiger charge is 2.29. The summed E-state index contributed by atoms with van der Waals surface area (Å²) in [6.07, 6.45) is 5.13. The monoisotopic (exact) mass is 459 g/mol. The lowest BCUT2D eigenvalue weighted by Gasteiger charge is -2.33. The van der Waals surface area contributed by atoms with Crippen LogP contribution in [-0.4, -0.2) is 18.0 Å². The second-order valence-corrected chi connectivity index (χ2v) is 11.5. The van der Waals surface area contributed by atoms with E-state index < -0.39 is 0 Å². The number of aryl methyl sites for hydroxylation is 1. The van der Waals surface area contributed by atoms with Crippen LogP contribution in [0.25, 0.3) is 0 Å². The Labute approximate surface area is 202 Å². The third kappa shape index (κ3) is 6.25. The van der Waals surface area contributed by atoms with Crippen LogP contribution in [-0.2, 0) is 18.3 Å². The van der Waals surface area contributed by atoms with E-state index in [0.717, 1.165) is 18.7 Å². The minimum absolute atomic E-state index is 0.0409. The lowest BCUT2D eigenvalue weighted by molar-refractivity contribution is 0.221. The number of piperidine rings is 1. The lowest BCUT2D eigenvalue weighted by Crippen LogP contribution is -2.31. The number of hydrogen-bond donors (Lipinski definition) is 0. The summed E-state index contributed by atoms with van der Waals surface area (Å²) in [5.41, 5.74) is 5.40. The van der Waals surface area contributed by atoms with E-state index in [-0.39, 0.29) is 5.16 Å². The molecule has 2 atom stereocenters. The van der Waals surface area contributed by atoms with Gasteiger partial charge in [-0.1, -0.05) is 101 Å². The minimum atomic E-state index is 0.0409. The van der Waals surface area contributed by atoms with Crippen molar-refractivity contribution in [3.63, 3.8) is 0 Å². The van der Waals surface area contributed by atoms with E-state index >= 15 is 0 Å². The molecule has 4 rings (SSSR count). The molecule has 0 spiro atoms. The van der Waals surface area contributed by atoms with Crippen molar-refractivity contribution in [1.29, 1.82) is 0 Å². The molecule has 0 saturated carbocycles. The zero-order valence-corrected chi connectivity index (χ0v) is 21.4. The second-order valence-electron chi connectivity index (χ2n) is 9.58. The first-order valence-electron chi connectivity index (χ1n) is 12.4. The van der Waals surface area contributed by atoms with Crippen molar-refractivity contribution in [2.24, 2.45) is 0 Å². The number of ether oxygens (including phenoxy) is 1. The van der Waals surface area contributed by atoms with Gasteiger partial charge in [0, 0.05) is 17.3 Å². The molecule has 0 bridgehead atoms. The molecule has 0 radical (unpaired) electrons. The van der Waals surface area contributed by atoms with Crippen LogP contribution in [0.5, 0.6) is 5.75 Å². The number of benzene rings is 3. The smallest absolute Gasteiger partial charge is 0.123 e.